The first kappa shape index (κ1) is 8.91. The molecule has 0 fully saturated rings. The summed E-state index contributed by atoms with van der Waals surface area (Å²) in [6, 6.07) is 3.14. The molecular formula is C9H6FN3S. The van der Waals surface area contributed by atoms with Crippen LogP contribution in [0.2, 0.25) is 0 Å². The lowest BCUT2D eigenvalue weighted by Gasteiger charge is -1.98. The van der Waals surface area contributed by atoms with Crippen LogP contribution in [0, 0.1) is 24.1 Å². The van der Waals surface area contributed by atoms with Crippen molar-refractivity contribution in [2.24, 2.45) is 0 Å². The van der Waals surface area contributed by atoms with E-state index in [4.69, 9.17) is 11.0 Å². The number of aromatic nitrogens is 1. The third-order valence-corrected chi connectivity index (χ3v) is 2.90. The predicted molar refractivity (Wildman–Crippen MR) is 53.4 cm³/mol. The quantitative estimate of drug-likeness (QED) is 0.720. The Labute approximate surface area is 83.6 Å². The number of nitrogen functional groups attached to an aromatic ring is 1. The molecule has 0 aliphatic rings. The molecule has 2 rings (SSSR count). The fraction of sp³-hybridized carbons (Fsp3) is 0.111. The molecule has 1 heterocycles. The summed E-state index contributed by atoms with van der Waals surface area (Å²) in [5.74, 6) is -0.434. The van der Waals surface area contributed by atoms with E-state index >= 15 is 0 Å². The van der Waals surface area contributed by atoms with Crippen LogP contribution in [0.3, 0.4) is 0 Å². The molecule has 2 aromatic rings. The third-order valence-electron chi connectivity index (χ3n) is 2.01. The second-order valence-corrected chi connectivity index (χ2v) is 3.90. The van der Waals surface area contributed by atoms with Crippen molar-refractivity contribution in [2.45, 2.75) is 6.92 Å². The zero-order valence-corrected chi connectivity index (χ0v) is 8.15. The highest BCUT2D eigenvalue weighted by Gasteiger charge is 2.12. The first-order valence-corrected chi connectivity index (χ1v) is 4.70. The van der Waals surface area contributed by atoms with Crippen molar-refractivity contribution in [3.8, 4) is 6.07 Å². The molecule has 14 heavy (non-hydrogen) atoms. The van der Waals surface area contributed by atoms with Crippen LogP contribution in [0.5, 0.6) is 0 Å². The summed E-state index contributed by atoms with van der Waals surface area (Å²) in [5.41, 5.74) is 6.95. The molecule has 2 N–H and O–H groups in total. The Morgan fingerprint density at radius 1 is 1.64 bits per heavy atom. The number of hydrogen-bond donors (Lipinski definition) is 1. The van der Waals surface area contributed by atoms with Crippen molar-refractivity contribution in [3.63, 3.8) is 0 Å². The number of aryl methyl sites for hydroxylation is 1. The van der Waals surface area contributed by atoms with E-state index in [1.165, 1.54) is 6.07 Å². The summed E-state index contributed by atoms with van der Waals surface area (Å²) in [5, 5.41) is 9.05. The van der Waals surface area contributed by atoms with Gasteiger partial charge in [0.05, 0.1) is 21.8 Å². The first-order valence-electron chi connectivity index (χ1n) is 3.88. The van der Waals surface area contributed by atoms with Crippen molar-refractivity contribution in [1.82, 2.24) is 4.98 Å². The van der Waals surface area contributed by atoms with Crippen LogP contribution >= 0.6 is 11.3 Å². The monoisotopic (exact) mass is 207 g/mol. The van der Waals surface area contributed by atoms with Gasteiger partial charge in [-0.3, -0.25) is 0 Å². The van der Waals surface area contributed by atoms with Crippen LogP contribution in [-0.4, -0.2) is 4.98 Å². The minimum atomic E-state index is -0.434. The molecular weight excluding hydrogens is 201 g/mol. The highest BCUT2D eigenvalue weighted by molar-refractivity contribution is 7.22. The number of benzene rings is 1. The fourth-order valence-corrected chi connectivity index (χ4v) is 2.09. The maximum absolute atomic E-state index is 13.4. The average molecular weight is 207 g/mol. The molecule has 0 amide bonds. The van der Waals surface area contributed by atoms with Crippen molar-refractivity contribution >= 4 is 26.7 Å². The smallest absolute Gasteiger partial charge is 0.181 e. The Balaban J connectivity index is 2.95. The van der Waals surface area contributed by atoms with Gasteiger partial charge in [0.25, 0.3) is 0 Å². The number of nitriles is 1. The van der Waals surface area contributed by atoms with Crippen LogP contribution in [0.4, 0.5) is 9.52 Å². The van der Waals surface area contributed by atoms with Gasteiger partial charge in [-0.15, -0.1) is 0 Å². The van der Waals surface area contributed by atoms with Gasteiger partial charge in [0.1, 0.15) is 5.82 Å². The SMILES string of the molecule is Cc1c(C#N)cc(F)c2sc(N)nc12. The molecule has 3 nitrogen and oxygen atoms in total. The maximum Gasteiger partial charge on any atom is 0.181 e. The van der Waals surface area contributed by atoms with Crippen LogP contribution in [0.25, 0.3) is 10.2 Å². The molecule has 0 saturated carbocycles. The van der Waals surface area contributed by atoms with Gasteiger partial charge in [-0.2, -0.15) is 5.26 Å². The topological polar surface area (TPSA) is 62.7 Å². The molecule has 0 spiro atoms. The molecule has 0 atom stereocenters. The lowest BCUT2D eigenvalue weighted by Crippen LogP contribution is -1.88. The molecule has 5 heteroatoms. The Hall–Kier alpha value is -1.67. The average Bonchev–Trinajstić information content (AvgIpc) is 2.54. The first-order chi connectivity index (χ1) is 6.63. The molecule has 1 aromatic heterocycles. The zero-order chi connectivity index (χ0) is 10.3. The second-order valence-electron chi connectivity index (χ2n) is 2.87. The lowest BCUT2D eigenvalue weighted by atomic mass is 10.1. The van der Waals surface area contributed by atoms with Gasteiger partial charge in [0.15, 0.2) is 5.13 Å². The molecule has 70 valence electrons. The van der Waals surface area contributed by atoms with Crippen molar-refractivity contribution in [1.29, 1.82) is 5.26 Å². The molecule has 0 saturated heterocycles. The van der Waals surface area contributed by atoms with E-state index in [-0.39, 0.29) is 0 Å². The van der Waals surface area contributed by atoms with E-state index < -0.39 is 5.82 Å². The van der Waals surface area contributed by atoms with Crippen LogP contribution < -0.4 is 5.73 Å². The minimum Gasteiger partial charge on any atom is -0.375 e. The fourth-order valence-electron chi connectivity index (χ4n) is 1.30. The number of nitrogens with two attached hydrogens (primary N) is 1. The standard InChI is InChI=1S/C9H6FN3S/c1-4-5(3-11)2-6(10)8-7(4)13-9(12)14-8/h2H,1H3,(H2,12,13). The highest BCUT2D eigenvalue weighted by Crippen LogP contribution is 2.30. The van der Waals surface area contributed by atoms with Crippen LogP contribution in [0.1, 0.15) is 11.1 Å². The molecule has 0 aliphatic carbocycles. The summed E-state index contributed by atoms with van der Waals surface area (Å²) < 4.78 is 13.8. The number of hydrogen-bond acceptors (Lipinski definition) is 4. The second kappa shape index (κ2) is 2.93. The summed E-state index contributed by atoms with van der Waals surface area (Å²) in [4.78, 5) is 3.99. The van der Waals surface area contributed by atoms with Crippen molar-refractivity contribution in [3.05, 3.63) is 23.0 Å². The Morgan fingerprint density at radius 2 is 2.36 bits per heavy atom. The molecule has 0 bridgehead atoms. The van der Waals surface area contributed by atoms with Gasteiger partial charge in [-0.25, -0.2) is 9.37 Å². The van der Waals surface area contributed by atoms with Crippen molar-refractivity contribution < 1.29 is 4.39 Å². The zero-order valence-electron chi connectivity index (χ0n) is 7.34. The normalized spacial score (nSPS) is 10.4. The number of thiazole rings is 1. The number of anilines is 1. The van der Waals surface area contributed by atoms with E-state index in [0.717, 1.165) is 11.3 Å². The number of nitrogens with zero attached hydrogens (tertiary/aromatic N) is 2. The van der Waals surface area contributed by atoms with Crippen LogP contribution in [-0.2, 0) is 0 Å². The Kier molecular flexibility index (Phi) is 1.86. The Bertz CT molecular complexity index is 553. The predicted octanol–water partition coefficient (Wildman–Crippen LogP) is 2.20. The van der Waals surface area contributed by atoms with E-state index in [2.05, 4.69) is 4.98 Å². The number of halogens is 1. The van der Waals surface area contributed by atoms with E-state index in [0.29, 0.717) is 26.5 Å². The molecule has 1 aromatic carbocycles. The molecule has 0 radical (unpaired) electrons. The summed E-state index contributed by atoms with van der Waals surface area (Å²) in [6.07, 6.45) is 0. The minimum absolute atomic E-state index is 0.306. The Morgan fingerprint density at radius 3 is 3.00 bits per heavy atom. The van der Waals surface area contributed by atoms with Crippen molar-refractivity contribution in [2.75, 3.05) is 5.73 Å². The van der Waals surface area contributed by atoms with Crippen LogP contribution in [0.15, 0.2) is 6.07 Å². The summed E-state index contributed by atoms with van der Waals surface area (Å²) >= 11 is 1.09. The van der Waals surface area contributed by atoms with E-state index in [1.807, 2.05) is 6.07 Å². The summed E-state index contributed by atoms with van der Waals surface area (Å²) in [6.45, 7) is 1.74. The largest absolute Gasteiger partial charge is 0.375 e. The maximum atomic E-state index is 13.4. The van der Waals surface area contributed by atoms with E-state index in [1.54, 1.807) is 6.92 Å². The number of fused-ring (bicyclic) bond motifs is 1. The lowest BCUT2D eigenvalue weighted by molar-refractivity contribution is 0.641. The van der Waals surface area contributed by atoms with Gasteiger partial charge in [0.2, 0.25) is 0 Å². The molecule has 0 unspecified atom stereocenters. The van der Waals surface area contributed by atoms with Gasteiger partial charge < -0.3 is 5.73 Å². The van der Waals surface area contributed by atoms with E-state index in [9.17, 15) is 4.39 Å². The third kappa shape index (κ3) is 1.12. The van der Waals surface area contributed by atoms with Gasteiger partial charge in [0, 0.05) is 0 Å². The molecule has 0 aliphatic heterocycles. The highest BCUT2D eigenvalue weighted by atomic mass is 32.1. The van der Waals surface area contributed by atoms with Gasteiger partial charge >= 0.3 is 0 Å². The van der Waals surface area contributed by atoms with Gasteiger partial charge in [-0.1, -0.05) is 11.3 Å². The van der Waals surface area contributed by atoms with Gasteiger partial charge in [-0.05, 0) is 18.6 Å². The summed E-state index contributed by atoms with van der Waals surface area (Å²) in [7, 11) is 0. The number of rotatable bonds is 0.